The highest BCUT2D eigenvalue weighted by molar-refractivity contribution is 7.90. The van der Waals surface area contributed by atoms with E-state index in [1.807, 2.05) is 24.3 Å². The zero-order valence-corrected chi connectivity index (χ0v) is 18.9. The molecule has 0 aliphatic carbocycles. The fraction of sp³-hybridized carbons (Fsp3) is 0.0435. The molecule has 0 atom stereocenters. The van der Waals surface area contributed by atoms with Gasteiger partial charge in [0.15, 0.2) is 0 Å². The van der Waals surface area contributed by atoms with Gasteiger partial charge >= 0.3 is 5.97 Å². The number of nitrogen functional groups attached to an aromatic ring is 1. The maximum absolute atomic E-state index is 12.9. The number of carbonyl (C=O) groups is 1. The van der Waals surface area contributed by atoms with Gasteiger partial charge in [0.25, 0.3) is 10.0 Å². The average Bonchev–Trinajstić information content (AvgIpc) is 3.20. The maximum Gasteiger partial charge on any atom is 0.344 e. The quantitative estimate of drug-likeness (QED) is 0.408. The summed E-state index contributed by atoms with van der Waals surface area (Å²) in [7, 11) is -2.63. The zero-order valence-electron chi connectivity index (χ0n) is 17.3. The first kappa shape index (κ1) is 22.4. The molecule has 4 aromatic rings. The van der Waals surface area contributed by atoms with Gasteiger partial charge in [0.2, 0.25) is 5.88 Å². The normalized spacial score (nSPS) is 11.2. The molecule has 3 aromatic carbocycles. The Kier molecular flexibility index (Phi) is 6.08. The van der Waals surface area contributed by atoms with Crippen LogP contribution >= 0.6 is 11.6 Å². The highest BCUT2D eigenvalue weighted by Crippen LogP contribution is 2.28. The summed E-state index contributed by atoms with van der Waals surface area (Å²) in [4.78, 5) is 12.6. The molecule has 0 aliphatic heterocycles. The number of hydrogen-bond acceptors (Lipinski definition) is 7. The molecular weight excluding hydrogens is 466 g/mol. The van der Waals surface area contributed by atoms with E-state index >= 15 is 0 Å². The van der Waals surface area contributed by atoms with Crippen molar-refractivity contribution in [2.75, 3.05) is 12.8 Å². The molecule has 0 amide bonds. The van der Waals surface area contributed by atoms with Crippen LogP contribution in [0.2, 0.25) is 5.02 Å². The van der Waals surface area contributed by atoms with Crippen molar-refractivity contribution in [3.8, 4) is 22.8 Å². The summed E-state index contributed by atoms with van der Waals surface area (Å²) in [5.41, 5.74) is 7.56. The Morgan fingerprint density at radius 3 is 2.42 bits per heavy atom. The number of esters is 1. The van der Waals surface area contributed by atoms with E-state index in [-0.39, 0.29) is 22.2 Å². The van der Waals surface area contributed by atoms with Gasteiger partial charge in [0.1, 0.15) is 11.6 Å². The molecule has 4 rings (SSSR count). The maximum atomic E-state index is 12.9. The summed E-state index contributed by atoms with van der Waals surface area (Å²) < 4.78 is 36.7. The second-order valence-electron chi connectivity index (χ2n) is 6.88. The van der Waals surface area contributed by atoms with Crippen molar-refractivity contribution in [2.24, 2.45) is 0 Å². The predicted molar refractivity (Wildman–Crippen MR) is 124 cm³/mol. The van der Waals surface area contributed by atoms with E-state index in [1.54, 1.807) is 24.3 Å². The molecule has 168 valence electrons. The molecule has 0 radical (unpaired) electrons. The Hall–Kier alpha value is -3.82. The van der Waals surface area contributed by atoms with E-state index in [2.05, 4.69) is 5.10 Å². The first-order valence-corrected chi connectivity index (χ1v) is 11.4. The van der Waals surface area contributed by atoms with Gasteiger partial charge in [-0.3, -0.25) is 0 Å². The Morgan fingerprint density at radius 1 is 1.00 bits per heavy atom. The lowest BCUT2D eigenvalue weighted by Gasteiger charge is -2.07. The fourth-order valence-corrected chi connectivity index (χ4v) is 4.55. The van der Waals surface area contributed by atoms with E-state index < -0.39 is 16.0 Å². The average molecular weight is 484 g/mol. The van der Waals surface area contributed by atoms with Crippen LogP contribution in [0.25, 0.3) is 11.1 Å². The molecule has 2 N–H and O–H groups in total. The molecule has 0 aliphatic rings. The highest BCUT2D eigenvalue weighted by atomic mass is 35.5. The Bertz CT molecular complexity index is 1430. The van der Waals surface area contributed by atoms with Crippen LogP contribution in [0.15, 0.2) is 83.8 Å². The molecule has 10 heteroatoms. The molecule has 0 bridgehead atoms. The first-order chi connectivity index (χ1) is 15.8. The largest absolute Gasteiger partial charge is 0.497 e. The topological polar surface area (TPSA) is 114 Å². The van der Waals surface area contributed by atoms with E-state index in [4.69, 9.17) is 26.8 Å². The van der Waals surface area contributed by atoms with Crippen molar-refractivity contribution in [3.05, 3.63) is 89.4 Å². The third kappa shape index (κ3) is 4.55. The van der Waals surface area contributed by atoms with Crippen molar-refractivity contribution < 1.29 is 22.7 Å². The summed E-state index contributed by atoms with van der Waals surface area (Å²) >= 11 is 6.24. The second-order valence-corrected chi connectivity index (χ2v) is 9.06. The van der Waals surface area contributed by atoms with Gasteiger partial charge < -0.3 is 15.2 Å². The van der Waals surface area contributed by atoms with Crippen LogP contribution in [-0.2, 0) is 10.0 Å². The van der Waals surface area contributed by atoms with Gasteiger partial charge in [-0.1, -0.05) is 41.9 Å². The zero-order chi connectivity index (χ0) is 23.6. The van der Waals surface area contributed by atoms with E-state index in [0.717, 1.165) is 17.2 Å². The fourth-order valence-electron chi connectivity index (χ4n) is 3.11. The van der Waals surface area contributed by atoms with E-state index in [0.29, 0.717) is 14.9 Å². The third-order valence-corrected chi connectivity index (χ3v) is 6.69. The van der Waals surface area contributed by atoms with Crippen molar-refractivity contribution in [1.82, 2.24) is 9.19 Å². The van der Waals surface area contributed by atoms with Gasteiger partial charge in [-0.05, 0) is 48.0 Å². The summed E-state index contributed by atoms with van der Waals surface area (Å²) in [6.45, 7) is 0. The van der Waals surface area contributed by atoms with Crippen LogP contribution < -0.4 is 15.2 Å². The summed E-state index contributed by atoms with van der Waals surface area (Å²) in [6.07, 6.45) is 0. The number of nitrogens with zero attached hydrogens (tertiary/aromatic N) is 2. The number of carbonyl (C=O) groups excluding carboxylic acids is 1. The number of nitrogens with two attached hydrogens (primary N) is 1. The Labute approximate surface area is 195 Å². The molecule has 1 heterocycles. The minimum atomic E-state index is -4.10. The van der Waals surface area contributed by atoms with Gasteiger partial charge in [-0.2, -0.15) is 8.42 Å². The Balaban J connectivity index is 1.59. The van der Waals surface area contributed by atoms with Crippen LogP contribution in [0.3, 0.4) is 0 Å². The van der Waals surface area contributed by atoms with Crippen LogP contribution in [0, 0.1) is 0 Å². The van der Waals surface area contributed by atoms with Gasteiger partial charge in [0, 0.05) is 16.7 Å². The smallest absolute Gasteiger partial charge is 0.344 e. The van der Waals surface area contributed by atoms with Crippen LogP contribution in [-0.4, -0.2) is 30.7 Å². The number of rotatable bonds is 6. The number of ether oxygens (including phenoxy) is 2. The lowest BCUT2D eigenvalue weighted by molar-refractivity contribution is 0.0727. The standard InChI is InChI=1S/C23H18ClN3O5S/c1-31-17-9-11-18(12-10-17)33(29,30)27-21(25)14-22(26-27)32-23(28)16-6-4-5-15(13-16)19-7-2-3-8-20(19)24/h2-14H,25H2,1H3. The first-order valence-electron chi connectivity index (χ1n) is 9.62. The predicted octanol–water partition coefficient (Wildman–Crippen LogP) is 4.25. The van der Waals surface area contributed by atoms with Gasteiger partial charge in [0.05, 0.1) is 17.6 Å². The number of anilines is 1. The number of methoxy groups -OCH3 is 1. The van der Waals surface area contributed by atoms with Crippen molar-refractivity contribution in [2.45, 2.75) is 4.90 Å². The molecule has 33 heavy (non-hydrogen) atoms. The third-order valence-electron chi connectivity index (χ3n) is 4.75. The van der Waals surface area contributed by atoms with Gasteiger partial charge in [-0.15, -0.1) is 9.19 Å². The summed E-state index contributed by atoms with van der Waals surface area (Å²) in [6, 6.07) is 20.8. The van der Waals surface area contributed by atoms with Crippen molar-refractivity contribution in [3.63, 3.8) is 0 Å². The lowest BCUT2D eigenvalue weighted by atomic mass is 10.0. The van der Waals surface area contributed by atoms with E-state index in [1.165, 1.54) is 31.4 Å². The molecule has 0 fully saturated rings. The lowest BCUT2D eigenvalue weighted by Crippen LogP contribution is -2.17. The summed E-state index contributed by atoms with van der Waals surface area (Å²) in [5, 5.41) is 4.41. The van der Waals surface area contributed by atoms with Crippen molar-refractivity contribution >= 4 is 33.4 Å². The number of aromatic nitrogens is 2. The second kappa shape index (κ2) is 8.97. The highest BCUT2D eigenvalue weighted by Gasteiger charge is 2.23. The molecule has 0 unspecified atom stereocenters. The minimum absolute atomic E-state index is 0.0524. The molecule has 8 nitrogen and oxygen atoms in total. The SMILES string of the molecule is COc1ccc(S(=O)(=O)n2nc(OC(=O)c3cccc(-c4ccccc4Cl)c3)cc2N)cc1. The Morgan fingerprint density at radius 2 is 1.73 bits per heavy atom. The molecule has 0 saturated carbocycles. The van der Waals surface area contributed by atoms with Gasteiger partial charge in [-0.25, -0.2) is 4.79 Å². The molecule has 0 spiro atoms. The number of hydrogen-bond donors (Lipinski definition) is 1. The van der Waals surface area contributed by atoms with Crippen molar-refractivity contribution in [1.29, 1.82) is 0 Å². The number of halogens is 1. The van der Waals surface area contributed by atoms with Crippen LogP contribution in [0.1, 0.15) is 10.4 Å². The monoisotopic (exact) mass is 483 g/mol. The number of benzene rings is 3. The van der Waals surface area contributed by atoms with Crippen LogP contribution in [0.5, 0.6) is 11.6 Å². The van der Waals surface area contributed by atoms with E-state index in [9.17, 15) is 13.2 Å². The summed E-state index contributed by atoms with van der Waals surface area (Å²) in [5.74, 6) is -0.692. The molecule has 1 aromatic heterocycles. The minimum Gasteiger partial charge on any atom is -0.497 e. The van der Waals surface area contributed by atoms with Crippen LogP contribution in [0.4, 0.5) is 5.82 Å². The molecular formula is C23H18ClN3O5S. The molecule has 0 saturated heterocycles.